The van der Waals surface area contributed by atoms with Crippen LogP contribution in [0.15, 0.2) is 30.7 Å². The van der Waals surface area contributed by atoms with Crippen molar-refractivity contribution in [3.05, 3.63) is 46.9 Å². The fraction of sp³-hybridized carbons (Fsp3) is 0.429. The number of carbonyl (C=O) groups excluding carboxylic acids is 1. The van der Waals surface area contributed by atoms with E-state index in [9.17, 15) is 4.79 Å². The second-order valence-electron chi connectivity index (χ2n) is 7.34. The minimum atomic E-state index is -0.0857. The summed E-state index contributed by atoms with van der Waals surface area (Å²) in [5.74, 6) is 0.854. The van der Waals surface area contributed by atoms with Gasteiger partial charge in [0.25, 0.3) is 5.91 Å². The lowest BCUT2D eigenvalue weighted by atomic mass is 9.94. The maximum absolute atomic E-state index is 12.8. The number of pyridine rings is 1. The average Bonchev–Trinajstić information content (AvgIpc) is 3.10. The van der Waals surface area contributed by atoms with Gasteiger partial charge in [-0.15, -0.1) is 11.3 Å². The molecule has 3 aromatic heterocycles. The molecular weight excluding hydrogens is 370 g/mol. The molecule has 0 unspecified atom stereocenters. The normalized spacial score (nSPS) is 14.9. The minimum absolute atomic E-state index is 0.0857. The molecule has 0 aromatic carbocycles. The SMILES string of the molecule is Cc1c(C(=O)NCc2ccccn2)sc2ncnc(N(C)C3CCCCC3)c12. The highest BCUT2D eigenvalue weighted by Crippen LogP contribution is 2.36. The Bertz CT molecular complexity index is 966. The zero-order valence-corrected chi connectivity index (χ0v) is 17.1. The summed E-state index contributed by atoms with van der Waals surface area (Å²) in [6.07, 6.45) is 9.60. The molecular formula is C21H25N5OS. The van der Waals surface area contributed by atoms with Crippen LogP contribution in [0, 0.1) is 6.92 Å². The van der Waals surface area contributed by atoms with Gasteiger partial charge in [0.2, 0.25) is 0 Å². The summed E-state index contributed by atoms with van der Waals surface area (Å²) in [7, 11) is 2.12. The quantitative estimate of drug-likeness (QED) is 0.704. The largest absolute Gasteiger partial charge is 0.356 e. The Morgan fingerprint density at radius 1 is 1.21 bits per heavy atom. The Morgan fingerprint density at radius 2 is 2.04 bits per heavy atom. The molecule has 0 spiro atoms. The van der Waals surface area contributed by atoms with Crippen molar-refractivity contribution in [2.24, 2.45) is 0 Å². The van der Waals surface area contributed by atoms with Crippen molar-refractivity contribution >= 4 is 33.3 Å². The number of hydrogen-bond acceptors (Lipinski definition) is 6. The summed E-state index contributed by atoms with van der Waals surface area (Å²) in [4.78, 5) is 29.9. The molecule has 1 saturated carbocycles. The number of fused-ring (bicyclic) bond motifs is 1. The maximum Gasteiger partial charge on any atom is 0.262 e. The first-order valence-electron chi connectivity index (χ1n) is 9.80. The van der Waals surface area contributed by atoms with Crippen molar-refractivity contribution in [3.63, 3.8) is 0 Å². The molecule has 7 heteroatoms. The lowest BCUT2D eigenvalue weighted by molar-refractivity contribution is 0.0954. The summed E-state index contributed by atoms with van der Waals surface area (Å²) < 4.78 is 0. The fourth-order valence-electron chi connectivity index (χ4n) is 3.93. The first-order valence-corrected chi connectivity index (χ1v) is 10.6. The van der Waals surface area contributed by atoms with Crippen LogP contribution in [0.1, 0.15) is 53.0 Å². The van der Waals surface area contributed by atoms with Gasteiger partial charge in [0.05, 0.1) is 22.5 Å². The molecule has 1 amide bonds. The maximum atomic E-state index is 12.8. The molecule has 1 N–H and O–H groups in total. The highest BCUT2D eigenvalue weighted by molar-refractivity contribution is 7.20. The lowest BCUT2D eigenvalue weighted by Gasteiger charge is -2.32. The van der Waals surface area contributed by atoms with E-state index in [1.807, 2.05) is 25.1 Å². The van der Waals surface area contributed by atoms with E-state index in [2.05, 4.69) is 32.2 Å². The van der Waals surface area contributed by atoms with E-state index in [1.54, 1.807) is 12.5 Å². The van der Waals surface area contributed by atoms with Crippen LogP contribution in [-0.2, 0) is 6.54 Å². The molecule has 0 bridgehead atoms. The molecule has 1 fully saturated rings. The number of hydrogen-bond donors (Lipinski definition) is 1. The zero-order valence-electron chi connectivity index (χ0n) is 16.3. The van der Waals surface area contributed by atoms with E-state index in [4.69, 9.17) is 0 Å². The molecule has 1 aliphatic rings. The van der Waals surface area contributed by atoms with Crippen LogP contribution in [-0.4, -0.2) is 33.9 Å². The van der Waals surface area contributed by atoms with Gasteiger partial charge in [-0.2, -0.15) is 0 Å². The van der Waals surface area contributed by atoms with Crippen molar-refractivity contribution in [1.82, 2.24) is 20.3 Å². The van der Waals surface area contributed by atoms with Crippen LogP contribution in [0.3, 0.4) is 0 Å². The Labute approximate surface area is 169 Å². The van der Waals surface area contributed by atoms with Crippen LogP contribution in [0.4, 0.5) is 5.82 Å². The first-order chi connectivity index (χ1) is 13.6. The Kier molecular flexibility index (Phi) is 5.52. The van der Waals surface area contributed by atoms with E-state index in [0.29, 0.717) is 17.5 Å². The third kappa shape index (κ3) is 3.71. The molecule has 3 aromatic rings. The Balaban J connectivity index is 1.60. The van der Waals surface area contributed by atoms with Gasteiger partial charge in [0.1, 0.15) is 17.0 Å². The predicted octanol–water partition coefficient (Wildman–Crippen LogP) is 4.09. The third-order valence-corrected chi connectivity index (χ3v) is 6.72. The number of anilines is 1. The van der Waals surface area contributed by atoms with E-state index in [-0.39, 0.29) is 5.91 Å². The van der Waals surface area contributed by atoms with E-state index < -0.39 is 0 Å². The predicted molar refractivity (Wildman–Crippen MR) is 113 cm³/mol. The number of aryl methyl sites for hydroxylation is 1. The summed E-state index contributed by atoms with van der Waals surface area (Å²) in [5.41, 5.74) is 1.80. The Morgan fingerprint density at radius 3 is 2.79 bits per heavy atom. The van der Waals surface area contributed by atoms with Crippen molar-refractivity contribution in [2.75, 3.05) is 11.9 Å². The van der Waals surface area contributed by atoms with Gasteiger partial charge in [0.15, 0.2) is 0 Å². The number of nitrogens with zero attached hydrogens (tertiary/aromatic N) is 4. The van der Waals surface area contributed by atoms with E-state index in [1.165, 1.54) is 43.4 Å². The summed E-state index contributed by atoms with van der Waals surface area (Å²) in [6.45, 7) is 2.41. The zero-order chi connectivity index (χ0) is 19.5. The van der Waals surface area contributed by atoms with Gasteiger partial charge >= 0.3 is 0 Å². The number of aromatic nitrogens is 3. The highest BCUT2D eigenvalue weighted by Gasteiger charge is 2.24. The van der Waals surface area contributed by atoms with Crippen molar-refractivity contribution in [1.29, 1.82) is 0 Å². The molecule has 3 heterocycles. The standard InChI is InChI=1S/C21H25N5OS/c1-14-17-19(26(2)16-9-4-3-5-10-16)24-13-25-21(17)28-18(14)20(27)23-12-15-8-6-7-11-22-15/h6-8,11,13,16H,3-5,9-10,12H2,1-2H3,(H,23,27). The van der Waals surface area contributed by atoms with Gasteiger partial charge in [-0.05, 0) is 37.5 Å². The van der Waals surface area contributed by atoms with Crippen LogP contribution in [0.5, 0.6) is 0 Å². The number of carbonyl (C=O) groups is 1. The summed E-state index contributed by atoms with van der Waals surface area (Å²) >= 11 is 1.44. The van der Waals surface area contributed by atoms with Crippen molar-refractivity contribution in [2.45, 2.75) is 51.6 Å². The molecule has 1 aliphatic carbocycles. The lowest BCUT2D eigenvalue weighted by Crippen LogP contribution is -2.34. The van der Waals surface area contributed by atoms with Gasteiger partial charge in [-0.3, -0.25) is 9.78 Å². The molecule has 0 radical (unpaired) electrons. The van der Waals surface area contributed by atoms with Gasteiger partial charge in [-0.1, -0.05) is 25.3 Å². The molecule has 146 valence electrons. The van der Waals surface area contributed by atoms with Gasteiger partial charge < -0.3 is 10.2 Å². The summed E-state index contributed by atoms with van der Waals surface area (Å²) in [5, 5.41) is 3.98. The fourth-order valence-corrected chi connectivity index (χ4v) is 4.99. The van der Waals surface area contributed by atoms with Crippen LogP contribution in [0.25, 0.3) is 10.2 Å². The molecule has 4 rings (SSSR count). The smallest absolute Gasteiger partial charge is 0.262 e. The summed E-state index contributed by atoms with van der Waals surface area (Å²) in [6, 6.07) is 6.19. The monoisotopic (exact) mass is 395 g/mol. The highest BCUT2D eigenvalue weighted by atomic mass is 32.1. The molecule has 6 nitrogen and oxygen atoms in total. The minimum Gasteiger partial charge on any atom is -0.356 e. The van der Waals surface area contributed by atoms with E-state index >= 15 is 0 Å². The molecule has 0 aliphatic heterocycles. The first kappa shape index (κ1) is 18.8. The molecule has 0 atom stereocenters. The van der Waals surface area contributed by atoms with Crippen LogP contribution in [0.2, 0.25) is 0 Å². The second kappa shape index (κ2) is 8.22. The van der Waals surface area contributed by atoms with Crippen LogP contribution < -0.4 is 10.2 Å². The average molecular weight is 396 g/mol. The van der Waals surface area contributed by atoms with Crippen molar-refractivity contribution in [3.8, 4) is 0 Å². The number of amides is 1. The van der Waals surface area contributed by atoms with Gasteiger partial charge in [0, 0.05) is 19.3 Å². The number of nitrogens with one attached hydrogen (secondary N) is 1. The number of rotatable bonds is 5. The van der Waals surface area contributed by atoms with Crippen LogP contribution >= 0.6 is 11.3 Å². The number of thiophene rings is 1. The van der Waals surface area contributed by atoms with Gasteiger partial charge in [-0.25, -0.2) is 9.97 Å². The topological polar surface area (TPSA) is 71.0 Å². The molecule has 0 saturated heterocycles. The van der Waals surface area contributed by atoms with E-state index in [0.717, 1.165) is 27.3 Å². The Hall–Kier alpha value is -2.54. The second-order valence-corrected chi connectivity index (χ2v) is 8.34. The van der Waals surface area contributed by atoms with Crippen molar-refractivity contribution < 1.29 is 4.79 Å². The molecule has 28 heavy (non-hydrogen) atoms. The third-order valence-electron chi connectivity index (χ3n) is 5.53.